The maximum absolute atomic E-state index is 11.3. The van der Waals surface area contributed by atoms with Crippen LogP contribution in [0.15, 0.2) is 35.3 Å². The molecule has 0 bridgehead atoms. The van der Waals surface area contributed by atoms with Gasteiger partial charge in [0.15, 0.2) is 9.84 Å². The Kier molecular flexibility index (Phi) is 3.30. The average molecular weight is 258 g/mol. The van der Waals surface area contributed by atoms with E-state index in [2.05, 4.69) is 4.99 Å². The first-order valence-corrected chi connectivity index (χ1v) is 7.25. The van der Waals surface area contributed by atoms with Crippen LogP contribution < -0.4 is 0 Å². The number of sulfone groups is 1. The number of hydrogen-bond donors (Lipinski definition) is 0. The van der Waals surface area contributed by atoms with Gasteiger partial charge in [-0.1, -0.05) is 30.3 Å². The molecular weight excluding hydrogens is 246 g/mol. The van der Waals surface area contributed by atoms with E-state index in [0.29, 0.717) is 0 Å². The van der Waals surface area contributed by atoms with E-state index >= 15 is 0 Å². The number of nitrogens with zero attached hydrogens (tertiary/aromatic N) is 1. The summed E-state index contributed by atoms with van der Waals surface area (Å²) in [4.78, 5) is 4.23. The molecule has 2 rings (SSSR count). The molecular formula is C11H12ClNO2S. The van der Waals surface area contributed by atoms with Crippen molar-refractivity contribution in [2.75, 3.05) is 11.5 Å². The van der Waals surface area contributed by atoms with Gasteiger partial charge in [-0.3, -0.25) is 4.99 Å². The fourth-order valence-electron chi connectivity index (χ4n) is 1.64. The number of rotatable bonds is 2. The molecule has 1 saturated heterocycles. The van der Waals surface area contributed by atoms with Crippen molar-refractivity contribution < 1.29 is 8.42 Å². The molecule has 1 aromatic rings. The molecule has 3 nitrogen and oxygen atoms in total. The lowest BCUT2D eigenvalue weighted by molar-refractivity contribution is 0.601. The topological polar surface area (TPSA) is 46.5 Å². The molecule has 0 saturated carbocycles. The second-order valence-corrected chi connectivity index (χ2v) is 6.56. The van der Waals surface area contributed by atoms with E-state index in [0.717, 1.165) is 5.56 Å². The summed E-state index contributed by atoms with van der Waals surface area (Å²) in [5.41, 5.74) is 0.954. The monoisotopic (exact) mass is 257 g/mol. The van der Waals surface area contributed by atoms with Gasteiger partial charge >= 0.3 is 0 Å². The normalized spacial score (nSPS) is 28.6. The summed E-state index contributed by atoms with van der Waals surface area (Å²) in [7, 11) is -2.99. The van der Waals surface area contributed by atoms with Crippen LogP contribution in [0.4, 0.5) is 0 Å². The summed E-state index contributed by atoms with van der Waals surface area (Å²) in [5, 5.41) is -0.398. The Morgan fingerprint density at radius 1 is 1.25 bits per heavy atom. The molecule has 0 radical (unpaired) electrons. The van der Waals surface area contributed by atoms with Crippen molar-refractivity contribution >= 4 is 27.7 Å². The van der Waals surface area contributed by atoms with Gasteiger partial charge in [-0.2, -0.15) is 0 Å². The molecule has 0 spiro atoms. The van der Waals surface area contributed by atoms with Crippen molar-refractivity contribution in [3.63, 3.8) is 0 Å². The summed E-state index contributed by atoms with van der Waals surface area (Å²) in [6.45, 7) is 0. The first-order valence-electron chi connectivity index (χ1n) is 4.99. The van der Waals surface area contributed by atoms with Crippen LogP contribution in [0.2, 0.25) is 0 Å². The molecule has 1 aliphatic heterocycles. The third-order valence-electron chi connectivity index (χ3n) is 2.47. The highest BCUT2D eigenvalue weighted by Gasteiger charge is 2.35. The molecule has 1 aliphatic rings. The molecule has 86 valence electrons. The highest BCUT2D eigenvalue weighted by atomic mass is 35.5. The zero-order valence-corrected chi connectivity index (χ0v) is 10.2. The van der Waals surface area contributed by atoms with Crippen LogP contribution in [0.25, 0.3) is 0 Å². The van der Waals surface area contributed by atoms with Crippen LogP contribution in [0.3, 0.4) is 0 Å². The Labute approximate surface area is 100 Å². The van der Waals surface area contributed by atoms with Gasteiger partial charge in [0.2, 0.25) is 0 Å². The van der Waals surface area contributed by atoms with Gasteiger partial charge in [0.25, 0.3) is 0 Å². The molecule has 2 atom stereocenters. The molecule has 16 heavy (non-hydrogen) atoms. The summed E-state index contributed by atoms with van der Waals surface area (Å²) >= 11 is 5.94. The highest BCUT2D eigenvalue weighted by Crippen LogP contribution is 2.20. The molecule has 0 aromatic heterocycles. The Bertz CT molecular complexity index is 484. The van der Waals surface area contributed by atoms with E-state index in [1.807, 2.05) is 30.3 Å². The lowest BCUT2D eigenvalue weighted by Crippen LogP contribution is -2.16. The number of hydrogen-bond acceptors (Lipinski definition) is 3. The standard InChI is InChI=1S/C11H12ClNO2S/c12-10-7-16(14,15)8-11(10)13-6-9-4-2-1-3-5-9/h1-6,10-11H,7-8H2/t10-,11-/m0/s1. The molecule has 1 heterocycles. The Balaban J connectivity index is 2.09. The Morgan fingerprint density at radius 2 is 1.94 bits per heavy atom. The fourth-order valence-corrected chi connectivity index (χ4v) is 4.16. The van der Waals surface area contributed by atoms with Crippen molar-refractivity contribution in [2.24, 2.45) is 4.99 Å². The maximum atomic E-state index is 11.3. The fraction of sp³-hybridized carbons (Fsp3) is 0.364. The van der Waals surface area contributed by atoms with Crippen molar-refractivity contribution in [1.29, 1.82) is 0 Å². The molecule has 0 amide bonds. The predicted molar refractivity (Wildman–Crippen MR) is 66.1 cm³/mol. The van der Waals surface area contributed by atoms with Gasteiger partial charge in [0.05, 0.1) is 22.9 Å². The van der Waals surface area contributed by atoms with Crippen molar-refractivity contribution in [2.45, 2.75) is 11.4 Å². The van der Waals surface area contributed by atoms with Gasteiger partial charge < -0.3 is 0 Å². The number of alkyl halides is 1. The Morgan fingerprint density at radius 3 is 2.50 bits per heavy atom. The zero-order chi connectivity index (χ0) is 11.6. The van der Waals surface area contributed by atoms with E-state index in [9.17, 15) is 8.42 Å². The smallest absolute Gasteiger partial charge is 0.153 e. The van der Waals surface area contributed by atoms with Crippen LogP contribution in [-0.2, 0) is 9.84 Å². The lowest BCUT2D eigenvalue weighted by Gasteiger charge is -2.04. The minimum Gasteiger partial charge on any atom is -0.287 e. The number of benzene rings is 1. The van der Waals surface area contributed by atoms with Crippen molar-refractivity contribution in [3.8, 4) is 0 Å². The second-order valence-electron chi connectivity index (χ2n) is 3.85. The lowest BCUT2D eigenvalue weighted by atomic mass is 10.2. The zero-order valence-electron chi connectivity index (χ0n) is 8.58. The van der Waals surface area contributed by atoms with Crippen LogP contribution in [0.1, 0.15) is 5.56 Å². The Hall–Kier alpha value is -0.870. The second kappa shape index (κ2) is 4.55. The van der Waals surface area contributed by atoms with Gasteiger partial charge in [-0.05, 0) is 5.56 Å². The van der Waals surface area contributed by atoms with E-state index in [4.69, 9.17) is 11.6 Å². The number of halogens is 1. The summed E-state index contributed by atoms with van der Waals surface area (Å²) < 4.78 is 22.6. The minimum absolute atomic E-state index is 0.0331. The third kappa shape index (κ3) is 2.83. The third-order valence-corrected chi connectivity index (χ3v) is 4.81. The minimum atomic E-state index is -2.99. The maximum Gasteiger partial charge on any atom is 0.153 e. The quantitative estimate of drug-likeness (QED) is 0.596. The first kappa shape index (κ1) is 11.6. The largest absolute Gasteiger partial charge is 0.287 e. The molecule has 0 aliphatic carbocycles. The molecule has 1 aromatic carbocycles. The molecule has 1 fully saturated rings. The van der Waals surface area contributed by atoms with Gasteiger partial charge in [0.1, 0.15) is 0 Å². The van der Waals surface area contributed by atoms with Gasteiger partial charge in [0, 0.05) is 6.21 Å². The summed E-state index contributed by atoms with van der Waals surface area (Å²) in [6, 6.07) is 9.25. The van der Waals surface area contributed by atoms with Gasteiger partial charge in [-0.15, -0.1) is 11.6 Å². The van der Waals surface area contributed by atoms with Gasteiger partial charge in [-0.25, -0.2) is 8.42 Å². The van der Waals surface area contributed by atoms with E-state index in [1.54, 1.807) is 6.21 Å². The van der Waals surface area contributed by atoms with E-state index in [-0.39, 0.29) is 17.5 Å². The SMILES string of the molecule is O=S1(=O)C[C@H](N=Cc2ccccc2)[C@@H](Cl)C1. The van der Waals surface area contributed by atoms with E-state index in [1.165, 1.54) is 0 Å². The van der Waals surface area contributed by atoms with Crippen molar-refractivity contribution in [3.05, 3.63) is 35.9 Å². The summed E-state index contributed by atoms with van der Waals surface area (Å²) in [5.74, 6) is 0.0931. The van der Waals surface area contributed by atoms with E-state index < -0.39 is 15.2 Å². The molecule has 0 N–H and O–H groups in total. The molecule has 5 heteroatoms. The highest BCUT2D eigenvalue weighted by molar-refractivity contribution is 7.91. The molecule has 0 unspecified atom stereocenters. The van der Waals surface area contributed by atoms with Crippen LogP contribution in [-0.4, -0.2) is 37.6 Å². The summed E-state index contributed by atoms with van der Waals surface area (Å²) in [6.07, 6.45) is 1.68. The first-order chi connectivity index (χ1) is 7.57. The van der Waals surface area contributed by atoms with Crippen LogP contribution in [0, 0.1) is 0 Å². The van der Waals surface area contributed by atoms with Crippen molar-refractivity contribution in [1.82, 2.24) is 0 Å². The van der Waals surface area contributed by atoms with Crippen LogP contribution >= 0.6 is 11.6 Å². The average Bonchev–Trinajstić information content (AvgIpc) is 2.50. The predicted octanol–water partition coefficient (Wildman–Crippen LogP) is 1.51. The van der Waals surface area contributed by atoms with Crippen LogP contribution in [0.5, 0.6) is 0 Å². The number of aliphatic imine (C=N–C) groups is 1.